The minimum Gasteiger partial charge on any atom is -0.493 e. The van der Waals surface area contributed by atoms with Gasteiger partial charge < -0.3 is 14.4 Å². The highest BCUT2D eigenvalue weighted by Gasteiger charge is 2.22. The number of ether oxygens (including phenoxy) is 2. The number of aromatic nitrogens is 2. The van der Waals surface area contributed by atoms with Gasteiger partial charge in [-0.25, -0.2) is 18.4 Å². The Morgan fingerprint density at radius 3 is 2.56 bits per heavy atom. The largest absolute Gasteiger partial charge is 0.493 e. The van der Waals surface area contributed by atoms with E-state index in [2.05, 4.69) is 14.9 Å². The maximum atomic E-state index is 11.5. The van der Waals surface area contributed by atoms with Crippen molar-refractivity contribution in [3.63, 3.8) is 0 Å². The summed E-state index contributed by atoms with van der Waals surface area (Å²) < 4.78 is 35.9. The monoisotopic (exact) mass is 414 g/mol. The lowest BCUT2D eigenvalue weighted by Crippen LogP contribution is -2.48. The molecule has 1 aromatic carbocycles. The van der Waals surface area contributed by atoms with Gasteiger partial charge in [0.15, 0.2) is 11.5 Å². The highest BCUT2D eigenvalue weighted by Crippen LogP contribution is 2.33. The number of hydrogen-bond donors (Lipinski definition) is 0. The molecule has 148 valence electrons. The Morgan fingerprint density at radius 2 is 1.89 bits per heavy atom. The standard InChI is InChI=1S/C17H23ClN4O4S/c1-25-15-10-13-14(19-12-20-17(13)18)11-16(15)26-9-3-4-21-5-7-22(8-6-21)27(2,23)24/h10-12H,3-9H2,1-2H3. The molecule has 10 heteroatoms. The van der Waals surface area contributed by atoms with E-state index in [-0.39, 0.29) is 0 Å². The molecular weight excluding hydrogens is 392 g/mol. The van der Waals surface area contributed by atoms with Gasteiger partial charge in [-0.05, 0) is 12.5 Å². The van der Waals surface area contributed by atoms with Crippen LogP contribution in [0.25, 0.3) is 10.9 Å². The molecule has 0 radical (unpaired) electrons. The smallest absolute Gasteiger partial charge is 0.211 e. The van der Waals surface area contributed by atoms with Crippen molar-refractivity contribution in [3.8, 4) is 11.5 Å². The number of sulfonamides is 1. The van der Waals surface area contributed by atoms with Crippen molar-refractivity contribution in [3.05, 3.63) is 23.6 Å². The van der Waals surface area contributed by atoms with Gasteiger partial charge in [0.05, 0.1) is 25.5 Å². The molecule has 1 aromatic heterocycles. The van der Waals surface area contributed by atoms with Crippen molar-refractivity contribution in [2.75, 3.05) is 52.7 Å². The zero-order valence-electron chi connectivity index (χ0n) is 15.4. The molecule has 0 atom stereocenters. The third-order valence-corrected chi connectivity index (χ3v) is 6.15. The van der Waals surface area contributed by atoms with Crippen LogP contribution < -0.4 is 9.47 Å². The SMILES string of the molecule is COc1cc2c(Cl)ncnc2cc1OCCCN1CCN(S(C)(=O)=O)CC1. The van der Waals surface area contributed by atoms with E-state index in [9.17, 15) is 8.42 Å². The number of halogens is 1. The summed E-state index contributed by atoms with van der Waals surface area (Å²) in [5, 5.41) is 1.09. The quantitative estimate of drug-likeness (QED) is 0.503. The third-order valence-electron chi connectivity index (χ3n) is 4.55. The fourth-order valence-corrected chi connectivity index (χ4v) is 4.08. The van der Waals surface area contributed by atoms with E-state index < -0.39 is 10.0 Å². The molecule has 1 saturated heterocycles. The normalized spacial score (nSPS) is 16.6. The molecule has 0 unspecified atom stereocenters. The van der Waals surface area contributed by atoms with Gasteiger partial charge in [-0.15, -0.1) is 0 Å². The molecule has 2 heterocycles. The van der Waals surface area contributed by atoms with Crippen molar-refractivity contribution in [2.24, 2.45) is 0 Å². The Balaban J connectivity index is 1.52. The number of fused-ring (bicyclic) bond motifs is 1. The van der Waals surface area contributed by atoms with Crippen LogP contribution in [0.4, 0.5) is 0 Å². The summed E-state index contributed by atoms with van der Waals surface area (Å²) in [4.78, 5) is 10.4. The second-order valence-electron chi connectivity index (χ2n) is 6.39. The topological polar surface area (TPSA) is 84.9 Å². The lowest BCUT2D eigenvalue weighted by Gasteiger charge is -2.33. The summed E-state index contributed by atoms with van der Waals surface area (Å²) in [6.45, 7) is 3.93. The molecule has 2 aromatic rings. The molecule has 0 bridgehead atoms. The average molecular weight is 415 g/mol. The van der Waals surface area contributed by atoms with Crippen LogP contribution in [0, 0.1) is 0 Å². The molecule has 0 spiro atoms. The van der Waals surface area contributed by atoms with Crippen molar-refractivity contribution in [1.82, 2.24) is 19.2 Å². The van der Waals surface area contributed by atoms with Crippen molar-refractivity contribution >= 4 is 32.5 Å². The summed E-state index contributed by atoms with van der Waals surface area (Å²) >= 11 is 6.10. The second-order valence-corrected chi connectivity index (χ2v) is 8.73. The molecule has 1 aliphatic heterocycles. The zero-order valence-corrected chi connectivity index (χ0v) is 17.0. The first kappa shape index (κ1) is 20.1. The molecule has 1 aliphatic rings. The van der Waals surface area contributed by atoms with E-state index in [4.69, 9.17) is 21.1 Å². The van der Waals surface area contributed by atoms with E-state index in [1.54, 1.807) is 19.2 Å². The predicted molar refractivity (Wildman–Crippen MR) is 104 cm³/mol. The summed E-state index contributed by atoms with van der Waals surface area (Å²) in [5.41, 5.74) is 0.697. The van der Waals surface area contributed by atoms with Gasteiger partial charge >= 0.3 is 0 Å². The lowest BCUT2D eigenvalue weighted by atomic mass is 10.2. The Labute approximate surface area is 164 Å². The van der Waals surface area contributed by atoms with Crippen LogP contribution >= 0.6 is 11.6 Å². The van der Waals surface area contributed by atoms with E-state index in [1.165, 1.54) is 16.9 Å². The Kier molecular flexibility index (Phi) is 6.36. The Hall–Kier alpha value is -1.68. The van der Waals surface area contributed by atoms with Crippen LogP contribution in [0.3, 0.4) is 0 Å². The molecule has 0 aliphatic carbocycles. The first-order valence-corrected chi connectivity index (χ1v) is 10.9. The van der Waals surface area contributed by atoms with Crippen LogP contribution in [0.1, 0.15) is 6.42 Å². The highest BCUT2D eigenvalue weighted by molar-refractivity contribution is 7.88. The van der Waals surface area contributed by atoms with Crippen LogP contribution in [0.15, 0.2) is 18.5 Å². The van der Waals surface area contributed by atoms with E-state index >= 15 is 0 Å². The number of rotatable bonds is 7. The minimum atomic E-state index is -3.09. The zero-order chi connectivity index (χ0) is 19.4. The highest BCUT2D eigenvalue weighted by atomic mass is 35.5. The molecule has 8 nitrogen and oxygen atoms in total. The van der Waals surface area contributed by atoms with Gasteiger partial charge in [-0.3, -0.25) is 0 Å². The van der Waals surface area contributed by atoms with E-state index in [0.717, 1.165) is 26.1 Å². The predicted octanol–water partition coefficient (Wildman–Crippen LogP) is 1.64. The molecule has 0 saturated carbocycles. The summed E-state index contributed by atoms with van der Waals surface area (Å²) in [6, 6.07) is 3.57. The number of nitrogens with zero attached hydrogens (tertiary/aromatic N) is 4. The van der Waals surface area contributed by atoms with Gasteiger partial charge in [-0.1, -0.05) is 11.6 Å². The van der Waals surface area contributed by atoms with Crippen LogP contribution in [-0.4, -0.2) is 80.3 Å². The molecule has 0 amide bonds. The average Bonchev–Trinajstić information content (AvgIpc) is 2.64. The number of piperazine rings is 1. The van der Waals surface area contributed by atoms with Crippen molar-refractivity contribution < 1.29 is 17.9 Å². The number of hydrogen-bond acceptors (Lipinski definition) is 7. The van der Waals surface area contributed by atoms with Crippen molar-refractivity contribution in [2.45, 2.75) is 6.42 Å². The fourth-order valence-electron chi connectivity index (χ4n) is 3.06. The van der Waals surface area contributed by atoms with Crippen LogP contribution in [0.5, 0.6) is 11.5 Å². The van der Waals surface area contributed by atoms with Gasteiger partial charge in [0.2, 0.25) is 10.0 Å². The van der Waals surface area contributed by atoms with Gasteiger partial charge in [0.25, 0.3) is 0 Å². The molecule has 1 fully saturated rings. The minimum absolute atomic E-state index is 0.373. The third kappa shape index (κ3) is 4.98. The number of benzene rings is 1. The summed E-state index contributed by atoms with van der Waals surface area (Å²) in [7, 11) is -1.51. The summed E-state index contributed by atoms with van der Waals surface area (Å²) in [5.74, 6) is 1.20. The first-order chi connectivity index (χ1) is 12.9. The Bertz CT molecular complexity index is 901. The molecule has 3 rings (SSSR count). The van der Waals surface area contributed by atoms with Gasteiger partial charge in [0.1, 0.15) is 11.5 Å². The van der Waals surface area contributed by atoms with Crippen LogP contribution in [-0.2, 0) is 10.0 Å². The maximum Gasteiger partial charge on any atom is 0.211 e. The van der Waals surface area contributed by atoms with Crippen LogP contribution in [0.2, 0.25) is 5.15 Å². The van der Waals surface area contributed by atoms with Gasteiger partial charge in [0, 0.05) is 44.2 Å². The molecular formula is C17H23ClN4O4S. The molecule has 0 N–H and O–H groups in total. The van der Waals surface area contributed by atoms with E-state index in [1.807, 2.05) is 0 Å². The summed E-state index contributed by atoms with van der Waals surface area (Å²) in [6.07, 6.45) is 3.49. The maximum absolute atomic E-state index is 11.5. The fraction of sp³-hybridized carbons (Fsp3) is 0.529. The van der Waals surface area contributed by atoms with Gasteiger partial charge in [-0.2, -0.15) is 4.31 Å². The lowest BCUT2D eigenvalue weighted by molar-refractivity contribution is 0.174. The van der Waals surface area contributed by atoms with E-state index in [0.29, 0.717) is 47.3 Å². The van der Waals surface area contributed by atoms with Crippen molar-refractivity contribution in [1.29, 1.82) is 0 Å². The molecule has 27 heavy (non-hydrogen) atoms. The Morgan fingerprint density at radius 1 is 1.15 bits per heavy atom. The first-order valence-electron chi connectivity index (χ1n) is 8.67. The number of methoxy groups -OCH3 is 1. The second kappa shape index (κ2) is 8.55.